The Morgan fingerprint density at radius 3 is 1.68 bits per heavy atom. The molecule has 57 heavy (non-hydrogen) atoms. The van der Waals surface area contributed by atoms with E-state index in [1.54, 1.807) is 6.08 Å². The molecular weight excluding hydrogens is 755 g/mol. The minimum atomic E-state index is -5.12. The molecule has 7 N–H and O–H groups in total. The molecular formula is C43H79NO12S. The highest BCUT2D eigenvalue weighted by molar-refractivity contribution is 7.80. The van der Waals surface area contributed by atoms with Crippen molar-refractivity contribution in [3.05, 3.63) is 36.5 Å². The number of hydrogen-bond acceptors (Lipinski definition) is 11. The lowest BCUT2D eigenvalue weighted by atomic mass is 9.99. The van der Waals surface area contributed by atoms with Gasteiger partial charge in [0.2, 0.25) is 5.91 Å². The van der Waals surface area contributed by atoms with E-state index in [0.29, 0.717) is 12.8 Å². The minimum absolute atomic E-state index is 0.235. The van der Waals surface area contributed by atoms with Gasteiger partial charge in [-0.1, -0.05) is 159 Å². The Morgan fingerprint density at radius 2 is 1.18 bits per heavy atom. The summed E-state index contributed by atoms with van der Waals surface area (Å²) < 4.78 is 47.4. The van der Waals surface area contributed by atoms with E-state index in [2.05, 4.69) is 47.7 Å². The summed E-state index contributed by atoms with van der Waals surface area (Å²) in [4.78, 5) is 13.0. The van der Waals surface area contributed by atoms with Gasteiger partial charge in [0.05, 0.1) is 25.4 Å². The normalized spacial score (nSPS) is 22.1. The fourth-order valence-electron chi connectivity index (χ4n) is 6.73. The quantitative estimate of drug-likeness (QED) is 0.0195. The first kappa shape index (κ1) is 53.3. The lowest BCUT2D eigenvalue weighted by Gasteiger charge is -2.41. The van der Waals surface area contributed by atoms with E-state index < -0.39 is 78.5 Å². The van der Waals surface area contributed by atoms with Crippen LogP contribution < -0.4 is 5.32 Å². The maximum absolute atomic E-state index is 13.0. The van der Waals surface area contributed by atoms with Crippen LogP contribution in [0.15, 0.2) is 36.5 Å². The fourth-order valence-corrected chi connectivity index (χ4v) is 7.23. The fraction of sp³-hybridized carbons (Fsp3) is 0.837. The second-order valence-electron chi connectivity index (χ2n) is 15.4. The van der Waals surface area contributed by atoms with Gasteiger partial charge in [-0.25, -0.2) is 4.18 Å². The molecule has 0 saturated carbocycles. The minimum Gasteiger partial charge on any atom is -0.394 e. The number of carbonyl (C=O) groups is 1. The number of ether oxygens (including phenoxy) is 2. The van der Waals surface area contributed by atoms with Crippen LogP contribution in [0.1, 0.15) is 168 Å². The molecule has 0 aromatic rings. The third-order valence-corrected chi connectivity index (χ3v) is 10.7. The largest absolute Gasteiger partial charge is 0.397 e. The van der Waals surface area contributed by atoms with Gasteiger partial charge in [0.1, 0.15) is 30.5 Å². The summed E-state index contributed by atoms with van der Waals surface area (Å²) in [5.74, 6) is -0.719. The van der Waals surface area contributed by atoms with Gasteiger partial charge < -0.3 is 40.3 Å². The SMILES string of the molecule is CCCCCCCCCC/C=C/CC/C=C/CC/C=C/C(O)C(COC1OC(CO)C(O)C(OS(=O)(=O)O)C1O)NC(=O)C(O)CCCCCCCCCCCC. The van der Waals surface area contributed by atoms with E-state index in [9.17, 15) is 38.7 Å². The molecule has 14 heteroatoms. The first-order valence-corrected chi connectivity index (χ1v) is 23.3. The summed E-state index contributed by atoms with van der Waals surface area (Å²) in [6.45, 7) is 3.15. The van der Waals surface area contributed by atoms with Gasteiger partial charge in [-0.2, -0.15) is 8.42 Å². The highest BCUT2D eigenvalue weighted by atomic mass is 32.3. The van der Waals surface area contributed by atoms with Crippen LogP contribution in [0.25, 0.3) is 0 Å². The van der Waals surface area contributed by atoms with Crippen molar-refractivity contribution in [3.63, 3.8) is 0 Å². The third-order valence-electron chi connectivity index (χ3n) is 10.3. The molecule has 1 amide bonds. The average Bonchev–Trinajstić information content (AvgIpc) is 3.18. The summed E-state index contributed by atoms with van der Waals surface area (Å²) >= 11 is 0. The van der Waals surface area contributed by atoms with Crippen LogP contribution in [0.3, 0.4) is 0 Å². The number of rotatable bonds is 36. The maximum atomic E-state index is 13.0. The molecule has 1 aliphatic rings. The zero-order chi connectivity index (χ0) is 42.2. The molecule has 0 aromatic carbocycles. The molecule has 1 rings (SSSR count). The molecule has 0 aromatic heterocycles. The Morgan fingerprint density at radius 1 is 0.702 bits per heavy atom. The number of unbranched alkanes of at least 4 members (excludes halogenated alkanes) is 19. The van der Waals surface area contributed by atoms with Crippen LogP contribution in [0, 0.1) is 0 Å². The number of hydrogen-bond donors (Lipinski definition) is 7. The van der Waals surface area contributed by atoms with E-state index in [1.165, 1.54) is 96.0 Å². The van der Waals surface area contributed by atoms with E-state index in [1.807, 2.05) is 0 Å². The monoisotopic (exact) mass is 834 g/mol. The highest BCUT2D eigenvalue weighted by Gasteiger charge is 2.48. The van der Waals surface area contributed by atoms with Gasteiger partial charge in [-0.15, -0.1) is 0 Å². The Hall–Kier alpha value is -1.72. The molecule has 0 aliphatic carbocycles. The molecule has 0 bridgehead atoms. The van der Waals surface area contributed by atoms with Gasteiger partial charge in [0.15, 0.2) is 6.29 Å². The number of nitrogens with one attached hydrogen (secondary N) is 1. The Bertz CT molecular complexity index is 1180. The van der Waals surface area contributed by atoms with Gasteiger partial charge in [0, 0.05) is 0 Å². The van der Waals surface area contributed by atoms with E-state index in [4.69, 9.17) is 14.0 Å². The zero-order valence-electron chi connectivity index (χ0n) is 35.0. The predicted octanol–water partition coefficient (Wildman–Crippen LogP) is 6.91. The van der Waals surface area contributed by atoms with E-state index in [-0.39, 0.29) is 6.42 Å². The average molecular weight is 834 g/mol. The van der Waals surface area contributed by atoms with Crippen LogP contribution >= 0.6 is 0 Å². The number of carbonyl (C=O) groups excluding carboxylic acids is 1. The molecule has 1 saturated heterocycles. The molecule has 8 unspecified atom stereocenters. The Labute approximate surface area is 344 Å². The number of aliphatic hydroxyl groups excluding tert-OH is 5. The summed E-state index contributed by atoms with van der Waals surface area (Å²) in [5, 5.41) is 55.0. The zero-order valence-corrected chi connectivity index (χ0v) is 35.8. The van der Waals surface area contributed by atoms with Crippen molar-refractivity contribution in [2.24, 2.45) is 0 Å². The summed E-state index contributed by atoms with van der Waals surface area (Å²) in [6.07, 6.45) is 26.7. The summed E-state index contributed by atoms with van der Waals surface area (Å²) in [5.41, 5.74) is 0. The maximum Gasteiger partial charge on any atom is 0.397 e. The van der Waals surface area contributed by atoms with Crippen molar-refractivity contribution in [1.82, 2.24) is 5.32 Å². The van der Waals surface area contributed by atoms with Gasteiger partial charge in [-0.3, -0.25) is 9.35 Å². The first-order valence-electron chi connectivity index (χ1n) is 22.0. The van der Waals surface area contributed by atoms with Crippen LogP contribution in [-0.2, 0) is 28.9 Å². The van der Waals surface area contributed by atoms with Crippen LogP contribution in [0.4, 0.5) is 0 Å². The van der Waals surface area contributed by atoms with Crippen LogP contribution in [0.2, 0.25) is 0 Å². The van der Waals surface area contributed by atoms with Crippen molar-refractivity contribution in [2.75, 3.05) is 13.2 Å². The standard InChI is InChI=1S/C43H79NO12S/c1-3-5-7-9-11-13-15-16-17-18-19-20-21-22-24-25-27-29-31-36(46)35(44-42(50)37(47)32-30-28-26-23-14-12-10-8-6-4-2)34-54-43-40(49)41(56-57(51,52)53)39(48)38(33-45)55-43/h18-19,22,24,29,31,35-41,43,45-49H,3-17,20-21,23,25-28,30,32-34H2,1-2H3,(H,44,50)(H,51,52,53)/b19-18+,24-22+,31-29+. The predicted molar refractivity (Wildman–Crippen MR) is 224 cm³/mol. The Balaban J connectivity index is 2.66. The van der Waals surface area contributed by atoms with Gasteiger partial charge in [0.25, 0.3) is 0 Å². The highest BCUT2D eigenvalue weighted by Crippen LogP contribution is 2.26. The molecule has 0 radical (unpaired) electrons. The smallest absolute Gasteiger partial charge is 0.394 e. The summed E-state index contributed by atoms with van der Waals surface area (Å²) in [6, 6.07) is -1.14. The topological polar surface area (TPSA) is 212 Å². The van der Waals surface area contributed by atoms with Gasteiger partial charge >= 0.3 is 10.4 Å². The second-order valence-corrected chi connectivity index (χ2v) is 16.5. The molecule has 13 nitrogen and oxygen atoms in total. The third kappa shape index (κ3) is 26.9. The van der Waals surface area contributed by atoms with E-state index >= 15 is 0 Å². The van der Waals surface area contributed by atoms with Crippen LogP contribution in [-0.4, -0.2) is 107 Å². The molecule has 0 spiro atoms. The van der Waals surface area contributed by atoms with Crippen molar-refractivity contribution < 1.29 is 57.0 Å². The lowest BCUT2D eigenvalue weighted by molar-refractivity contribution is -0.298. The molecule has 1 heterocycles. The van der Waals surface area contributed by atoms with Gasteiger partial charge in [-0.05, 0) is 44.9 Å². The number of allylic oxidation sites excluding steroid dienone is 5. The van der Waals surface area contributed by atoms with E-state index in [0.717, 1.165) is 44.9 Å². The first-order chi connectivity index (χ1) is 27.4. The van der Waals surface area contributed by atoms with Crippen molar-refractivity contribution in [1.29, 1.82) is 0 Å². The molecule has 334 valence electrons. The van der Waals surface area contributed by atoms with Crippen molar-refractivity contribution in [3.8, 4) is 0 Å². The molecule has 1 aliphatic heterocycles. The van der Waals surface area contributed by atoms with Crippen molar-refractivity contribution >= 4 is 16.3 Å². The van der Waals surface area contributed by atoms with Crippen molar-refractivity contribution in [2.45, 2.75) is 217 Å². The summed E-state index contributed by atoms with van der Waals surface area (Å²) in [7, 11) is -5.12. The van der Waals surface area contributed by atoms with Crippen LogP contribution in [0.5, 0.6) is 0 Å². The Kier molecular flexibility index (Phi) is 31.8. The lowest BCUT2D eigenvalue weighted by Crippen LogP contribution is -2.61. The second kappa shape index (κ2) is 34.0. The molecule has 8 atom stereocenters. The number of aliphatic hydroxyl groups is 5. The number of amides is 1. The molecule has 1 fully saturated rings.